The van der Waals surface area contributed by atoms with Crippen molar-refractivity contribution in [3.8, 4) is 5.75 Å². The predicted octanol–water partition coefficient (Wildman–Crippen LogP) is 3.32. The normalized spacial score (nSPS) is 15.5. The Labute approximate surface area is 135 Å². The predicted molar refractivity (Wildman–Crippen MR) is 91.0 cm³/mol. The van der Waals surface area contributed by atoms with E-state index in [1.54, 1.807) is 7.11 Å². The first-order valence-corrected chi connectivity index (χ1v) is 6.81. The second-order valence-electron chi connectivity index (χ2n) is 5.35. The number of halogens is 2. The number of hydrogen-bond acceptors (Lipinski definition) is 3. The minimum atomic E-state index is 0. The zero-order chi connectivity index (χ0) is 13.0. The minimum absolute atomic E-state index is 0. The summed E-state index contributed by atoms with van der Waals surface area (Å²) < 4.78 is 5.43. The van der Waals surface area contributed by atoms with Crippen LogP contribution in [-0.2, 0) is 0 Å². The Kier molecular flexibility index (Phi) is 9.03. The first kappa shape index (κ1) is 19.4. The van der Waals surface area contributed by atoms with Crippen LogP contribution in [0.25, 0.3) is 0 Å². The number of para-hydroxylation sites is 2. The van der Waals surface area contributed by atoms with Crippen molar-refractivity contribution in [2.45, 2.75) is 13.8 Å². The molecule has 0 atom stereocenters. The Morgan fingerprint density at radius 2 is 1.65 bits per heavy atom. The number of hydrogen-bond donors (Lipinski definition) is 0. The zero-order valence-electron chi connectivity index (χ0n) is 12.5. The maximum Gasteiger partial charge on any atom is 0.142 e. The number of anilines is 1. The maximum atomic E-state index is 5.43. The molecular weight excluding hydrogens is 295 g/mol. The van der Waals surface area contributed by atoms with Gasteiger partial charge in [0, 0.05) is 32.7 Å². The smallest absolute Gasteiger partial charge is 0.142 e. The summed E-state index contributed by atoms with van der Waals surface area (Å²) in [5.74, 6) is 1.73. The first-order valence-electron chi connectivity index (χ1n) is 6.81. The number of benzene rings is 1. The Bertz CT molecular complexity index is 380. The van der Waals surface area contributed by atoms with Gasteiger partial charge in [-0.3, -0.25) is 4.90 Å². The van der Waals surface area contributed by atoms with E-state index >= 15 is 0 Å². The van der Waals surface area contributed by atoms with Crippen molar-refractivity contribution >= 4 is 30.5 Å². The molecule has 3 nitrogen and oxygen atoms in total. The van der Waals surface area contributed by atoms with Crippen LogP contribution in [0, 0.1) is 5.92 Å². The van der Waals surface area contributed by atoms with Gasteiger partial charge in [0.15, 0.2) is 0 Å². The summed E-state index contributed by atoms with van der Waals surface area (Å²) in [5, 5.41) is 0. The molecule has 0 saturated carbocycles. The second-order valence-corrected chi connectivity index (χ2v) is 5.35. The van der Waals surface area contributed by atoms with E-state index in [0.29, 0.717) is 0 Å². The Morgan fingerprint density at radius 1 is 1.05 bits per heavy atom. The number of piperazine rings is 1. The summed E-state index contributed by atoms with van der Waals surface area (Å²) in [7, 11) is 1.74. The molecule has 0 bridgehead atoms. The fourth-order valence-electron chi connectivity index (χ4n) is 2.58. The van der Waals surface area contributed by atoms with Crippen LogP contribution in [0.4, 0.5) is 5.69 Å². The van der Waals surface area contributed by atoms with Crippen molar-refractivity contribution in [1.82, 2.24) is 4.90 Å². The number of ether oxygens (including phenoxy) is 1. The van der Waals surface area contributed by atoms with E-state index in [-0.39, 0.29) is 24.8 Å². The Hall–Kier alpha value is -0.640. The molecule has 20 heavy (non-hydrogen) atoms. The van der Waals surface area contributed by atoms with E-state index < -0.39 is 0 Å². The quantitative estimate of drug-likeness (QED) is 0.846. The third-order valence-corrected chi connectivity index (χ3v) is 3.42. The Balaban J connectivity index is 0.00000180. The van der Waals surface area contributed by atoms with Crippen molar-refractivity contribution in [1.29, 1.82) is 0 Å². The van der Waals surface area contributed by atoms with E-state index in [2.05, 4.69) is 35.8 Å². The van der Waals surface area contributed by atoms with Gasteiger partial charge >= 0.3 is 0 Å². The average molecular weight is 321 g/mol. The largest absolute Gasteiger partial charge is 0.495 e. The van der Waals surface area contributed by atoms with Gasteiger partial charge in [-0.15, -0.1) is 24.8 Å². The lowest BCUT2D eigenvalue weighted by Crippen LogP contribution is -2.47. The topological polar surface area (TPSA) is 15.7 Å². The standard InChI is InChI=1S/C15H24N2O.2ClH/c1-13(2)12-16-8-10-17(11-9-16)14-6-4-5-7-15(14)18-3;;/h4-7,13H,8-12H2,1-3H3;2*1H. The number of nitrogens with zero attached hydrogens (tertiary/aromatic N) is 2. The van der Waals surface area contributed by atoms with Crippen molar-refractivity contribution in [2.75, 3.05) is 44.7 Å². The molecular formula is C15H26Cl2N2O. The van der Waals surface area contributed by atoms with Crippen LogP contribution in [0.2, 0.25) is 0 Å². The first-order chi connectivity index (χ1) is 8.70. The van der Waals surface area contributed by atoms with Crippen molar-refractivity contribution in [2.24, 2.45) is 5.92 Å². The molecule has 0 aliphatic carbocycles. The van der Waals surface area contributed by atoms with Gasteiger partial charge < -0.3 is 9.64 Å². The molecule has 1 fully saturated rings. The lowest BCUT2D eigenvalue weighted by atomic mass is 10.1. The molecule has 1 aromatic rings. The molecule has 0 unspecified atom stereocenters. The molecule has 116 valence electrons. The van der Waals surface area contributed by atoms with E-state index in [4.69, 9.17) is 4.74 Å². The third-order valence-electron chi connectivity index (χ3n) is 3.42. The summed E-state index contributed by atoms with van der Waals surface area (Å²) in [6.45, 7) is 10.3. The molecule has 0 spiro atoms. The van der Waals surface area contributed by atoms with E-state index in [9.17, 15) is 0 Å². The SMILES string of the molecule is COc1ccccc1N1CCN(CC(C)C)CC1.Cl.Cl. The molecule has 5 heteroatoms. The van der Waals surface area contributed by atoms with Crippen molar-refractivity contribution < 1.29 is 4.74 Å². The summed E-state index contributed by atoms with van der Waals surface area (Å²) in [5.41, 5.74) is 1.23. The highest BCUT2D eigenvalue weighted by molar-refractivity contribution is 5.85. The minimum Gasteiger partial charge on any atom is -0.495 e. The Morgan fingerprint density at radius 3 is 2.20 bits per heavy atom. The highest BCUT2D eigenvalue weighted by Crippen LogP contribution is 2.28. The molecule has 0 aromatic heterocycles. The molecule has 1 heterocycles. The monoisotopic (exact) mass is 320 g/mol. The molecule has 0 amide bonds. The second kappa shape index (κ2) is 9.32. The van der Waals surface area contributed by atoms with Crippen molar-refractivity contribution in [3.05, 3.63) is 24.3 Å². The summed E-state index contributed by atoms with van der Waals surface area (Å²) in [6, 6.07) is 8.29. The van der Waals surface area contributed by atoms with Crippen LogP contribution >= 0.6 is 24.8 Å². The summed E-state index contributed by atoms with van der Waals surface area (Å²) >= 11 is 0. The number of methoxy groups -OCH3 is 1. The van der Waals surface area contributed by atoms with Crippen LogP contribution in [-0.4, -0.2) is 44.7 Å². The van der Waals surface area contributed by atoms with Gasteiger partial charge in [-0.1, -0.05) is 26.0 Å². The lowest BCUT2D eigenvalue weighted by Gasteiger charge is -2.37. The fraction of sp³-hybridized carbons (Fsp3) is 0.600. The van der Waals surface area contributed by atoms with Gasteiger partial charge in [0.2, 0.25) is 0 Å². The lowest BCUT2D eigenvalue weighted by molar-refractivity contribution is 0.231. The molecule has 0 radical (unpaired) electrons. The molecule has 1 aliphatic rings. The van der Waals surface area contributed by atoms with E-state index in [1.165, 1.54) is 12.2 Å². The molecule has 1 aliphatic heterocycles. The molecule has 1 aromatic carbocycles. The van der Waals surface area contributed by atoms with Crippen molar-refractivity contribution in [3.63, 3.8) is 0 Å². The van der Waals surface area contributed by atoms with Gasteiger partial charge in [-0.25, -0.2) is 0 Å². The highest BCUT2D eigenvalue weighted by atomic mass is 35.5. The van der Waals surface area contributed by atoms with Gasteiger partial charge in [0.05, 0.1) is 12.8 Å². The summed E-state index contributed by atoms with van der Waals surface area (Å²) in [4.78, 5) is 4.98. The average Bonchev–Trinajstić information content (AvgIpc) is 2.39. The summed E-state index contributed by atoms with van der Waals surface area (Å²) in [6.07, 6.45) is 0. The fourth-order valence-corrected chi connectivity index (χ4v) is 2.58. The molecule has 2 rings (SSSR count). The van der Waals surface area contributed by atoms with Gasteiger partial charge in [-0.2, -0.15) is 0 Å². The van der Waals surface area contributed by atoms with Crippen LogP contribution in [0.3, 0.4) is 0 Å². The highest BCUT2D eigenvalue weighted by Gasteiger charge is 2.19. The van der Waals surface area contributed by atoms with Gasteiger partial charge in [-0.05, 0) is 18.1 Å². The zero-order valence-corrected chi connectivity index (χ0v) is 14.2. The third kappa shape index (κ3) is 5.04. The van der Waals surface area contributed by atoms with E-state index in [1.807, 2.05) is 12.1 Å². The molecule has 0 N–H and O–H groups in total. The van der Waals surface area contributed by atoms with Gasteiger partial charge in [0.1, 0.15) is 5.75 Å². The maximum absolute atomic E-state index is 5.43. The van der Waals surface area contributed by atoms with Crippen LogP contribution in [0.1, 0.15) is 13.8 Å². The number of rotatable bonds is 4. The van der Waals surface area contributed by atoms with Gasteiger partial charge in [0.25, 0.3) is 0 Å². The van der Waals surface area contributed by atoms with E-state index in [0.717, 1.165) is 37.8 Å². The molecule has 1 saturated heterocycles. The van der Waals surface area contributed by atoms with Crippen LogP contribution in [0.15, 0.2) is 24.3 Å². The van der Waals surface area contributed by atoms with Crippen LogP contribution in [0.5, 0.6) is 5.75 Å². The van der Waals surface area contributed by atoms with Crippen LogP contribution < -0.4 is 9.64 Å².